The molecule has 1 unspecified atom stereocenters. The van der Waals surface area contributed by atoms with E-state index in [1.165, 1.54) is 11.5 Å². The van der Waals surface area contributed by atoms with Crippen molar-refractivity contribution in [2.75, 3.05) is 26.8 Å². The Labute approximate surface area is 134 Å². The summed E-state index contributed by atoms with van der Waals surface area (Å²) in [6.07, 6.45) is 4.40. The van der Waals surface area contributed by atoms with Crippen LogP contribution < -0.4 is 0 Å². The van der Waals surface area contributed by atoms with E-state index >= 15 is 0 Å². The molecule has 3 heterocycles. The lowest BCUT2D eigenvalue weighted by molar-refractivity contribution is 0.00857. The number of hydrogen-bond donors (Lipinski definition) is 0. The summed E-state index contributed by atoms with van der Waals surface area (Å²) >= 11 is 0. The van der Waals surface area contributed by atoms with E-state index in [0.717, 1.165) is 45.7 Å². The standard InChI is InChI=1S/C17H30N4O/c1-13(2)19(4)12-16-11-18-17-14(3)20(7-8-21(16)17)15-5-9-22-10-6-15/h11,13-15H,5-10,12H2,1-4H3. The van der Waals surface area contributed by atoms with Crippen molar-refractivity contribution >= 4 is 0 Å². The fourth-order valence-electron chi connectivity index (χ4n) is 3.66. The molecular formula is C17H30N4O. The Morgan fingerprint density at radius 2 is 2.05 bits per heavy atom. The molecule has 0 amide bonds. The summed E-state index contributed by atoms with van der Waals surface area (Å²) < 4.78 is 7.96. The van der Waals surface area contributed by atoms with Crippen LogP contribution in [0.5, 0.6) is 0 Å². The van der Waals surface area contributed by atoms with Crippen molar-refractivity contribution in [3.8, 4) is 0 Å². The summed E-state index contributed by atoms with van der Waals surface area (Å²) in [5.41, 5.74) is 1.35. The fourth-order valence-corrected chi connectivity index (χ4v) is 3.66. The van der Waals surface area contributed by atoms with E-state index < -0.39 is 0 Å². The number of aromatic nitrogens is 2. The molecule has 0 saturated carbocycles. The van der Waals surface area contributed by atoms with Gasteiger partial charge in [0.2, 0.25) is 0 Å². The Morgan fingerprint density at radius 1 is 1.32 bits per heavy atom. The number of imidazole rings is 1. The van der Waals surface area contributed by atoms with Gasteiger partial charge in [0.25, 0.3) is 0 Å². The van der Waals surface area contributed by atoms with Crippen molar-refractivity contribution < 1.29 is 4.74 Å². The van der Waals surface area contributed by atoms with Crippen LogP contribution in [0.1, 0.15) is 51.2 Å². The van der Waals surface area contributed by atoms with Crippen LogP contribution in [-0.4, -0.2) is 58.2 Å². The molecule has 0 aromatic carbocycles. The Morgan fingerprint density at radius 3 is 2.73 bits per heavy atom. The summed E-state index contributed by atoms with van der Waals surface area (Å²) in [5, 5.41) is 0. The minimum atomic E-state index is 0.412. The summed E-state index contributed by atoms with van der Waals surface area (Å²) in [5.74, 6) is 1.24. The second-order valence-electron chi connectivity index (χ2n) is 7.03. The lowest BCUT2D eigenvalue weighted by atomic mass is 10.0. The Kier molecular flexibility index (Phi) is 4.85. The quantitative estimate of drug-likeness (QED) is 0.854. The number of nitrogens with zero attached hydrogens (tertiary/aromatic N) is 4. The zero-order chi connectivity index (χ0) is 15.7. The largest absolute Gasteiger partial charge is 0.381 e. The van der Waals surface area contributed by atoms with Crippen LogP contribution in [0.15, 0.2) is 6.20 Å². The van der Waals surface area contributed by atoms with E-state index in [2.05, 4.69) is 48.4 Å². The van der Waals surface area contributed by atoms with Gasteiger partial charge >= 0.3 is 0 Å². The molecule has 1 fully saturated rings. The van der Waals surface area contributed by atoms with Crippen molar-refractivity contribution in [3.05, 3.63) is 17.7 Å². The molecule has 0 spiro atoms. The van der Waals surface area contributed by atoms with Gasteiger partial charge in [0.1, 0.15) is 5.82 Å². The van der Waals surface area contributed by atoms with Gasteiger partial charge in [0.05, 0.1) is 11.7 Å². The lowest BCUT2D eigenvalue weighted by Crippen LogP contribution is -2.46. The molecule has 5 heteroatoms. The van der Waals surface area contributed by atoms with Gasteiger partial charge in [0, 0.05) is 51.1 Å². The van der Waals surface area contributed by atoms with Crippen molar-refractivity contribution in [2.24, 2.45) is 0 Å². The van der Waals surface area contributed by atoms with Gasteiger partial charge in [-0.2, -0.15) is 0 Å². The molecule has 0 radical (unpaired) electrons. The SMILES string of the molecule is CC(C)N(C)Cc1cnc2n1CCN(C1CCOCC1)C2C. The summed E-state index contributed by atoms with van der Waals surface area (Å²) in [4.78, 5) is 9.77. The van der Waals surface area contributed by atoms with Crippen LogP contribution in [0.2, 0.25) is 0 Å². The average molecular weight is 306 g/mol. The van der Waals surface area contributed by atoms with Crippen molar-refractivity contribution in [3.63, 3.8) is 0 Å². The van der Waals surface area contributed by atoms with Crippen molar-refractivity contribution in [1.29, 1.82) is 0 Å². The second-order valence-corrected chi connectivity index (χ2v) is 7.03. The molecule has 1 aromatic rings. The molecule has 1 aromatic heterocycles. The maximum absolute atomic E-state index is 5.51. The van der Waals surface area contributed by atoms with Gasteiger partial charge in [0.15, 0.2) is 0 Å². The van der Waals surface area contributed by atoms with Gasteiger partial charge in [-0.1, -0.05) is 0 Å². The first-order chi connectivity index (χ1) is 10.6. The van der Waals surface area contributed by atoms with E-state index in [1.807, 2.05) is 0 Å². The maximum Gasteiger partial charge on any atom is 0.126 e. The molecule has 124 valence electrons. The van der Waals surface area contributed by atoms with Crippen molar-refractivity contribution in [1.82, 2.24) is 19.4 Å². The monoisotopic (exact) mass is 306 g/mol. The highest BCUT2D eigenvalue weighted by Crippen LogP contribution is 2.30. The molecule has 0 bridgehead atoms. The van der Waals surface area contributed by atoms with Crippen molar-refractivity contribution in [2.45, 2.75) is 64.8 Å². The van der Waals surface area contributed by atoms with Gasteiger partial charge in [-0.25, -0.2) is 4.98 Å². The first-order valence-electron chi connectivity index (χ1n) is 8.66. The summed E-state index contributed by atoms with van der Waals surface area (Å²) in [6.45, 7) is 11.8. The highest BCUT2D eigenvalue weighted by molar-refractivity contribution is 5.12. The van der Waals surface area contributed by atoms with Gasteiger partial charge in [-0.05, 0) is 40.7 Å². The van der Waals surface area contributed by atoms with E-state index in [4.69, 9.17) is 9.72 Å². The second kappa shape index (κ2) is 6.69. The number of ether oxygens (including phenoxy) is 1. The highest BCUT2D eigenvalue weighted by Gasteiger charge is 2.32. The molecule has 1 atom stereocenters. The van der Waals surface area contributed by atoms with E-state index in [1.54, 1.807) is 0 Å². The third kappa shape index (κ3) is 3.07. The molecule has 3 rings (SSSR count). The Balaban J connectivity index is 1.73. The van der Waals surface area contributed by atoms with E-state index in [9.17, 15) is 0 Å². The summed E-state index contributed by atoms with van der Waals surface area (Å²) in [6, 6.07) is 1.64. The topological polar surface area (TPSA) is 33.5 Å². The fraction of sp³-hybridized carbons (Fsp3) is 0.824. The molecular weight excluding hydrogens is 276 g/mol. The first-order valence-corrected chi connectivity index (χ1v) is 8.66. The van der Waals surface area contributed by atoms with Crippen LogP contribution >= 0.6 is 0 Å². The van der Waals surface area contributed by atoms with Crippen LogP contribution in [-0.2, 0) is 17.8 Å². The molecule has 2 aliphatic rings. The molecule has 0 N–H and O–H groups in total. The zero-order valence-corrected chi connectivity index (χ0v) is 14.5. The molecule has 2 aliphatic heterocycles. The highest BCUT2D eigenvalue weighted by atomic mass is 16.5. The predicted octanol–water partition coefficient (Wildman–Crippen LogP) is 2.28. The predicted molar refractivity (Wildman–Crippen MR) is 87.8 cm³/mol. The first kappa shape index (κ1) is 16.0. The molecule has 22 heavy (non-hydrogen) atoms. The normalized spacial score (nSPS) is 24.2. The molecule has 1 saturated heterocycles. The van der Waals surface area contributed by atoms with E-state index in [-0.39, 0.29) is 0 Å². The number of fused-ring (bicyclic) bond motifs is 1. The number of hydrogen-bond acceptors (Lipinski definition) is 4. The third-order valence-electron chi connectivity index (χ3n) is 5.37. The van der Waals surface area contributed by atoms with Gasteiger partial charge in [-0.3, -0.25) is 9.80 Å². The van der Waals surface area contributed by atoms with Crippen LogP contribution in [0.25, 0.3) is 0 Å². The lowest BCUT2D eigenvalue weighted by Gasteiger charge is -2.41. The van der Waals surface area contributed by atoms with Crippen LogP contribution in [0, 0.1) is 0 Å². The van der Waals surface area contributed by atoms with Gasteiger partial charge < -0.3 is 9.30 Å². The molecule has 5 nitrogen and oxygen atoms in total. The molecule has 0 aliphatic carbocycles. The minimum Gasteiger partial charge on any atom is -0.381 e. The Hall–Kier alpha value is -0.910. The zero-order valence-electron chi connectivity index (χ0n) is 14.5. The Bertz CT molecular complexity index is 493. The van der Waals surface area contributed by atoms with Gasteiger partial charge in [-0.15, -0.1) is 0 Å². The summed E-state index contributed by atoms with van der Waals surface area (Å²) in [7, 11) is 2.19. The number of rotatable bonds is 4. The average Bonchev–Trinajstić information content (AvgIpc) is 2.92. The van der Waals surface area contributed by atoms with Crippen LogP contribution in [0.4, 0.5) is 0 Å². The minimum absolute atomic E-state index is 0.412. The smallest absolute Gasteiger partial charge is 0.126 e. The van der Waals surface area contributed by atoms with Crippen LogP contribution in [0.3, 0.4) is 0 Å². The maximum atomic E-state index is 5.51. The van der Waals surface area contributed by atoms with E-state index in [0.29, 0.717) is 18.1 Å². The third-order valence-corrected chi connectivity index (χ3v) is 5.37.